The Bertz CT molecular complexity index is 172. The Balaban J connectivity index is 2.17. The molecule has 0 aromatic rings. The second kappa shape index (κ2) is 8.41. The van der Waals surface area contributed by atoms with Gasteiger partial charge < -0.3 is 5.32 Å². The molecule has 0 amide bonds. The highest BCUT2D eigenvalue weighted by Crippen LogP contribution is 2.25. The minimum atomic E-state index is 0.806. The van der Waals surface area contributed by atoms with Gasteiger partial charge in [-0.05, 0) is 49.7 Å². The molecule has 0 aliphatic heterocycles. The van der Waals surface area contributed by atoms with Crippen molar-refractivity contribution in [1.82, 2.24) is 5.32 Å². The van der Waals surface area contributed by atoms with E-state index in [4.69, 9.17) is 0 Å². The second-order valence-corrected chi connectivity index (χ2v) is 6.36. The van der Waals surface area contributed by atoms with Crippen molar-refractivity contribution >= 4 is 11.8 Å². The van der Waals surface area contributed by atoms with Crippen LogP contribution in [0.4, 0.5) is 0 Å². The van der Waals surface area contributed by atoms with Gasteiger partial charge >= 0.3 is 0 Å². The molecule has 1 aliphatic carbocycles. The molecule has 0 saturated heterocycles. The van der Waals surface area contributed by atoms with Crippen LogP contribution in [0.3, 0.4) is 0 Å². The minimum Gasteiger partial charge on any atom is -0.314 e. The smallest absolute Gasteiger partial charge is 0.00672 e. The predicted octanol–water partition coefficient (Wildman–Crippen LogP) is 3.93. The Kier molecular flexibility index (Phi) is 7.55. The van der Waals surface area contributed by atoms with Crippen molar-refractivity contribution in [2.24, 2.45) is 11.8 Å². The molecule has 0 bridgehead atoms. The van der Waals surface area contributed by atoms with Gasteiger partial charge in [-0.2, -0.15) is 11.8 Å². The van der Waals surface area contributed by atoms with Gasteiger partial charge in [0, 0.05) is 6.04 Å². The van der Waals surface area contributed by atoms with Crippen LogP contribution in [0.15, 0.2) is 0 Å². The third kappa shape index (κ3) is 5.58. The summed E-state index contributed by atoms with van der Waals surface area (Å²) in [6.45, 7) is 5.91. The number of hydrogen-bond donors (Lipinski definition) is 1. The van der Waals surface area contributed by atoms with Gasteiger partial charge in [0.2, 0.25) is 0 Å². The van der Waals surface area contributed by atoms with Crippen molar-refractivity contribution in [3.63, 3.8) is 0 Å². The molecule has 1 N–H and O–H groups in total. The lowest BCUT2D eigenvalue weighted by molar-refractivity contribution is 0.410. The highest BCUT2D eigenvalue weighted by molar-refractivity contribution is 7.98. The molecule has 2 heteroatoms. The van der Waals surface area contributed by atoms with Crippen LogP contribution < -0.4 is 5.32 Å². The van der Waals surface area contributed by atoms with Crippen molar-refractivity contribution < 1.29 is 0 Å². The van der Waals surface area contributed by atoms with E-state index in [1.165, 1.54) is 50.8 Å². The van der Waals surface area contributed by atoms with Gasteiger partial charge in [0.25, 0.3) is 0 Å². The van der Waals surface area contributed by atoms with E-state index >= 15 is 0 Å². The fraction of sp³-hybridized carbons (Fsp3) is 1.00. The van der Waals surface area contributed by atoms with Crippen LogP contribution in [0.2, 0.25) is 0 Å². The van der Waals surface area contributed by atoms with E-state index < -0.39 is 0 Å². The topological polar surface area (TPSA) is 12.0 Å². The van der Waals surface area contributed by atoms with Crippen molar-refractivity contribution in [1.29, 1.82) is 0 Å². The Morgan fingerprint density at radius 2 is 2.06 bits per heavy atom. The van der Waals surface area contributed by atoms with Gasteiger partial charge in [0.05, 0.1) is 0 Å². The number of thioether (sulfide) groups is 1. The van der Waals surface area contributed by atoms with E-state index in [9.17, 15) is 0 Å². The largest absolute Gasteiger partial charge is 0.314 e. The number of hydrogen-bond acceptors (Lipinski definition) is 2. The van der Waals surface area contributed by atoms with Crippen LogP contribution in [0.1, 0.15) is 52.4 Å². The first-order valence-electron chi connectivity index (χ1n) is 6.98. The summed E-state index contributed by atoms with van der Waals surface area (Å²) in [5.74, 6) is 3.12. The first-order chi connectivity index (χ1) is 7.76. The Labute approximate surface area is 106 Å². The molecule has 3 atom stereocenters. The fourth-order valence-corrected chi connectivity index (χ4v) is 3.39. The van der Waals surface area contributed by atoms with Gasteiger partial charge in [-0.3, -0.25) is 0 Å². The average Bonchev–Trinajstić information content (AvgIpc) is 2.51. The molecule has 1 nitrogen and oxygen atoms in total. The molecule has 1 aliphatic rings. The van der Waals surface area contributed by atoms with Gasteiger partial charge in [0.1, 0.15) is 0 Å². The number of nitrogens with one attached hydrogen (secondary N) is 1. The molecule has 16 heavy (non-hydrogen) atoms. The third-order valence-electron chi connectivity index (χ3n) is 3.87. The van der Waals surface area contributed by atoms with E-state index in [1.54, 1.807) is 0 Å². The average molecular weight is 243 g/mol. The third-order valence-corrected chi connectivity index (χ3v) is 4.77. The summed E-state index contributed by atoms with van der Waals surface area (Å²) in [5, 5.41) is 3.78. The normalized spacial score (nSPS) is 28.7. The number of rotatable bonds is 6. The molecule has 0 radical (unpaired) electrons. The predicted molar refractivity (Wildman–Crippen MR) is 76.2 cm³/mol. The summed E-state index contributed by atoms with van der Waals surface area (Å²) in [4.78, 5) is 0. The molecule has 3 unspecified atom stereocenters. The van der Waals surface area contributed by atoms with Gasteiger partial charge in [-0.15, -0.1) is 0 Å². The molecule has 0 aromatic carbocycles. The van der Waals surface area contributed by atoms with Crippen LogP contribution in [0.25, 0.3) is 0 Å². The monoisotopic (exact) mass is 243 g/mol. The fourth-order valence-electron chi connectivity index (χ4n) is 2.70. The van der Waals surface area contributed by atoms with Crippen LogP contribution in [0, 0.1) is 11.8 Å². The second-order valence-electron chi connectivity index (χ2n) is 5.45. The quantitative estimate of drug-likeness (QED) is 0.709. The summed E-state index contributed by atoms with van der Waals surface area (Å²) >= 11 is 1.96. The summed E-state index contributed by atoms with van der Waals surface area (Å²) in [5.41, 5.74) is 0. The molecular formula is C14H29NS. The lowest BCUT2D eigenvalue weighted by atomic mass is 9.98. The van der Waals surface area contributed by atoms with E-state index in [2.05, 4.69) is 25.4 Å². The molecule has 0 spiro atoms. The summed E-state index contributed by atoms with van der Waals surface area (Å²) in [6, 6.07) is 0.806. The molecule has 96 valence electrons. The molecular weight excluding hydrogens is 214 g/mol. The zero-order chi connectivity index (χ0) is 11.8. The van der Waals surface area contributed by atoms with E-state index in [0.717, 1.165) is 17.9 Å². The maximum atomic E-state index is 3.78. The summed E-state index contributed by atoms with van der Waals surface area (Å²) < 4.78 is 0. The first-order valence-corrected chi connectivity index (χ1v) is 8.38. The van der Waals surface area contributed by atoms with Crippen LogP contribution in [-0.4, -0.2) is 24.6 Å². The summed E-state index contributed by atoms with van der Waals surface area (Å²) in [7, 11) is 0. The standard InChI is InChI=1S/C14H29NS/c1-4-13-6-5-7-14(9-8-13)15-10-12(2)11-16-3/h12-15H,4-11H2,1-3H3. The Hall–Kier alpha value is 0.310. The lowest BCUT2D eigenvalue weighted by Gasteiger charge is -2.19. The van der Waals surface area contributed by atoms with Crippen LogP contribution in [0.5, 0.6) is 0 Å². The highest BCUT2D eigenvalue weighted by Gasteiger charge is 2.17. The van der Waals surface area contributed by atoms with Gasteiger partial charge in [-0.25, -0.2) is 0 Å². The highest BCUT2D eigenvalue weighted by atomic mass is 32.2. The van der Waals surface area contributed by atoms with E-state index in [1.807, 2.05) is 11.8 Å². The maximum Gasteiger partial charge on any atom is 0.00672 e. The molecule has 0 aromatic heterocycles. The Morgan fingerprint density at radius 3 is 2.75 bits per heavy atom. The van der Waals surface area contributed by atoms with Crippen molar-refractivity contribution in [3.05, 3.63) is 0 Å². The molecule has 1 saturated carbocycles. The Morgan fingerprint density at radius 1 is 1.25 bits per heavy atom. The molecule has 1 rings (SSSR count). The minimum absolute atomic E-state index is 0.806. The zero-order valence-corrected chi connectivity index (χ0v) is 12.1. The van der Waals surface area contributed by atoms with Crippen molar-refractivity contribution in [3.8, 4) is 0 Å². The lowest BCUT2D eigenvalue weighted by Crippen LogP contribution is -2.33. The molecule has 1 fully saturated rings. The van der Waals surface area contributed by atoms with E-state index in [-0.39, 0.29) is 0 Å². The SMILES string of the molecule is CCC1CCCC(NCC(C)CSC)CC1. The van der Waals surface area contributed by atoms with E-state index in [0.29, 0.717) is 0 Å². The zero-order valence-electron chi connectivity index (χ0n) is 11.3. The van der Waals surface area contributed by atoms with Gasteiger partial charge in [-0.1, -0.05) is 33.1 Å². The summed E-state index contributed by atoms with van der Waals surface area (Å²) in [6.07, 6.45) is 10.8. The van der Waals surface area contributed by atoms with Crippen LogP contribution in [-0.2, 0) is 0 Å². The van der Waals surface area contributed by atoms with Crippen molar-refractivity contribution in [2.75, 3.05) is 18.6 Å². The van der Waals surface area contributed by atoms with Crippen molar-refractivity contribution in [2.45, 2.75) is 58.4 Å². The first kappa shape index (κ1) is 14.4. The van der Waals surface area contributed by atoms with Crippen LogP contribution >= 0.6 is 11.8 Å². The molecule has 0 heterocycles. The maximum absolute atomic E-state index is 3.78. The van der Waals surface area contributed by atoms with Gasteiger partial charge in [0.15, 0.2) is 0 Å².